The Bertz CT molecular complexity index is 191. The van der Waals surface area contributed by atoms with Crippen molar-refractivity contribution in [2.75, 3.05) is 13.1 Å². The van der Waals surface area contributed by atoms with E-state index in [0.717, 1.165) is 0 Å². The minimum atomic E-state index is 0.239. The average Bonchev–Trinajstić information content (AvgIpc) is 2.10. The highest BCUT2D eigenvalue weighted by atomic mass is 16.1. The third-order valence-electron chi connectivity index (χ3n) is 1.86. The van der Waals surface area contributed by atoms with Crippen LogP contribution in [0.5, 0.6) is 0 Å². The van der Waals surface area contributed by atoms with E-state index >= 15 is 0 Å². The lowest BCUT2D eigenvalue weighted by atomic mass is 9.96. The Labute approximate surface area is 71.4 Å². The van der Waals surface area contributed by atoms with Crippen molar-refractivity contribution in [2.45, 2.75) is 13.8 Å². The van der Waals surface area contributed by atoms with Crippen LogP contribution in [0.25, 0.3) is 0 Å². The van der Waals surface area contributed by atoms with E-state index in [-0.39, 0.29) is 11.8 Å². The zero-order chi connectivity index (χ0) is 9.40. The number of rotatable bonds is 5. The van der Waals surface area contributed by atoms with Crippen molar-refractivity contribution in [3.63, 3.8) is 0 Å². The van der Waals surface area contributed by atoms with Gasteiger partial charge in [0.05, 0.1) is 13.1 Å². The SMILES string of the molecule is CC(CN=C=O)C(C)CN=C=O. The highest BCUT2D eigenvalue weighted by Gasteiger charge is 2.10. The van der Waals surface area contributed by atoms with Gasteiger partial charge >= 0.3 is 0 Å². The van der Waals surface area contributed by atoms with Crippen LogP contribution in [0.3, 0.4) is 0 Å². The molecule has 0 radical (unpaired) electrons. The Morgan fingerprint density at radius 1 is 1.00 bits per heavy atom. The first-order valence-corrected chi connectivity index (χ1v) is 3.79. The van der Waals surface area contributed by atoms with Gasteiger partial charge in [0.2, 0.25) is 12.2 Å². The van der Waals surface area contributed by atoms with Gasteiger partial charge < -0.3 is 0 Å². The first-order valence-electron chi connectivity index (χ1n) is 3.79. The van der Waals surface area contributed by atoms with E-state index in [4.69, 9.17) is 0 Å². The highest BCUT2D eigenvalue weighted by Crippen LogP contribution is 2.10. The van der Waals surface area contributed by atoms with E-state index in [1.165, 1.54) is 12.2 Å². The van der Waals surface area contributed by atoms with Gasteiger partial charge in [-0.1, -0.05) is 13.8 Å². The molecule has 66 valence electrons. The van der Waals surface area contributed by atoms with E-state index in [2.05, 4.69) is 9.98 Å². The van der Waals surface area contributed by atoms with Crippen LogP contribution < -0.4 is 0 Å². The maximum Gasteiger partial charge on any atom is 0.234 e. The summed E-state index contributed by atoms with van der Waals surface area (Å²) in [7, 11) is 0. The monoisotopic (exact) mass is 168 g/mol. The average molecular weight is 168 g/mol. The summed E-state index contributed by atoms with van der Waals surface area (Å²) in [5.41, 5.74) is 0. The largest absolute Gasteiger partial charge is 0.234 e. The van der Waals surface area contributed by atoms with E-state index in [1.807, 2.05) is 13.8 Å². The van der Waals surface area contributed by atoms with Crippen LogP contribution in [0.1, 0.15) is 13.8 Å². The Hall–Kier alpha value is -1.24. The van der Waals surface area contributed by atoms with Crippen molar-refractivity contribution < 1.29 is 9.59 Å². The molecule has 0 aliphatic carbocycles. The van der Waals surface area contributed by atoms with E-state index in [0.29, 0.717) is 13.1 Å². The molecule has 0 amide bonds. The summed E-state index contributed by atoms with van der Waals surface area (Å²) in [6.45, 7) is 4.79. The van der Waals surface area contributed by atoms with Crippen molar-refractivity contribution in [1.29, 1.82) is 0 Å². The second-order valence-electron chi connectivity index (χ2n) is 2.82. The number of hydrogen-bond acceptors (Lipinski definition) is 4. The molecule has 0 aromatic carbocycles. The normalized spacial score (nSPS) is 13.8. The van der Waals surface area contributed by atoms with Crippen LogP contribution in [-0.2, 0) is 9.59 Å². The minimum Gasteiger partial charge on any atom is -0.211 e. The zero-order valence-electron chi connectivity index (χ0n) is 7.28. The zero-order valence-corrected chi connectivity index (χ0v) is 7.28. The number of carbonyl (C=O) groups excluding carboxylic acids is 2. The maximum atomic E-state index is 9.77. The molecular formula is C8H12N2O2. The van der Waals surface area contributed by atoms with Crippen LogP contribution in [-0.4, -0.2) is 25.2 Å². The molecule has 0 aromatic heterocycles. The van der Waals surface area contributed by atoms with Gasteiger partial charge in [0.1, 0.15) is 0 Å². The molecule has 0 heterocycles. The van der Waals surface area contributed by atoms with Gasteiger partial charge in [0.15, 0.2) is 0 Å². The fourth-order valence-corrected chi connectivity index (χ4v) is 0.722. The van der Waals surface area contributed by atoms with Crippen LogP contribution in [0.4, 0.5) is 0 Å². The molecule has 0 fully saturated rings. The quantitative estimate of drug-likeness (QED) is 0.453. The Balaban J connectivity index is 3.82. The molecule has 0 aromatic rings. The van der Waals surface area contributed by atoms with E-state index in [9.17, 15) is 9.59 Å². The second-order valence-corrected chi connectivity index (χ2v) is 2.82. The molecule has 0 aliphatic rings. The summed E-state index contributed by atoms with van der Waals surface area (Å²) < 4.78 is 0. The predicted molar refractivity (Wildman–Crippen MR) is 44.3 cm³/mol. The van der Waals surface area contributed by atoms with Crippen molar-refractivity contribution >= 4 is 12.2 Å². The molecule has 0 N–H and O–H groups in total. The van der Waals surface area contributed by atoms with Gasteiger partial charge in [-0.05, 0) is 11.8 Å². The lowest BCUT2D eigenvalue weighted by Crippen LogP contribution is -2.13. The molecule has 4 heteroatoms. The Kier molecular flexibility index (Phi) is 5.80. The van der Waals surface area contributed by atoms with Crippen molar-refractivity contribution in [3.8, 4) is 0 Å². The summed E-state index contributed by atoms with van der Waals surface area (Å²) in [5, 5.41) is 0. The summed E-state index contributed by atoms with van der Waals surface area (Å²) >= 11 is 0. The number of nitrogens with zero attached hydrogens (tertiary/aromatic N) is 2. The highest BCUT2D eigenvalue weighted by molar-refractivity contribution is 5.33. The number of isocyanates is 2. The topological polar surface area (TPSA) is 58.9 Å². The fourth-order valence-electron chi connectivity index (χ4n) is 0.722. The minimum absolute atomic E-state index is 0.239. The lowest BCUT2D eigenvalue weighted by molar-refractivity contribution is 0.405. The van der Waals surface area contributed by atoms with Crippen LogP contribution in [0, 0.1) is 11.8 Å². The molecule has 0 saturated heterocycles. The van der Waals surface area contributed by atoms with Crippen molar-refractivity contribution in [3.05, 3.63) is 0 Å². The van der Waals surface area contributed by atoms with Crippen LogP contribution in [0.15, 0.2) is 9.98 Å². The lowest BCUT2D eigenvalue weighted by Gasteiger charge is -2.13. The third-order valence-corrected chi connectivity index (χ3v) is 1.86. The van der Waals surface area contributed by atoms with Crippen molar-refractivity contribution in [1.82, 2.24) is 0 Å². The van der Waals surface area contributed by atoms with Gasteiger partial charge in [0, 0.05) is 0 Å². The molecule has 0 spiro atoms. The molecule has 0 aliphatic heterocycles. The maximum absolute atomic E-state index is 9.77. The first kappa shape index (κ1) is 10.8. The molecule has 12 heavy (non-hydrogen) atoms. The van der Waals surface area contributed by atoms with E-state index in [1.54, 1.807) is 0 Å². The van der Waals surface area contributed by atoms with Crippen LogP contribution in [0.2, 0.25) is 0 Å². The summed E-state index contributed by atoms with van der Waals surface area (Å²) in [4.78, 5) is 26.4. The predicted octanol–water partition coefficient (Wildman–Crippen LogP) is 0.930. The molecule has 4 nitrogen and oxygen atoms in total. The number of hydrogen-bond donors (Lipinski definition) is 0. The first-order chi connectivity index (χ1) is 5.72. The van der Waals surface area contributed by atoms with E-state index < -0.39 is 0 Å². The molecule has 0 saturated carbocycles. The fraction of sp³-hybridized carbons (Fsp3) is 0.750. The smallest absolute Gasteiger partial charge is 0.211 e. The summed E-state index contributed by atoms with van der Waals surface area (Å²) in [6, 6.07) is 0. The van der Waals surface area contributed by atoms with Gasteiger partial charge in [-0.25, -0.2) is 19.6 Å². The number of aliphatic imine (C=N–C) groups is 2. The summed E-state index contributed by atoms with van der Waals surface area (Å²) in [6.07, 6.45) is 2.95. The molecular weight excluding hydrogens is 156 g/mol. The second kappa shape index (κ2) is 6.47. The van der Waals surface area contributed by atoms with Gasteiger partial charge in [-0.2, -0.15) is 0 Å². The Morgan fingerprint density at radius 2 is 1.33 bits per heavy atom. The molecule has 0 bridgehead atoms. The van der Waals surface area contributed by atoms with Gasteiger partial charge in [0.25, 0.3) is 0 Å². The van der Waals surface area contributed by atoms with Gasteiger partial charge in [-0.15, -0.1) is 0 Å². The summed E-state index contributed by atoms with van der Waals surface area (Å²) in [5.74, 6) is 0.479. The standard InChI is InChI=1S/C8H12N2O2/c1-7(3-9-5-11)8(2)4-10-6-12/h7-8H,3-4H2,1-2H3. The molecule has 2 unspecified atom stereocenters. The van der Waals surface area contributed by atoms with Crippen LogP contribution >= 0.6 is 0 Å². The third kappa shape index (κ3) is 4.56. The molecule has 2 atom stereocenters. The van der Waals surface area contributed by atoms with Crippen molar-refractivity contribution in [2.24, 2.45) is 21.8 Å². The molecule has 0 rings (SSSR count). The Morgan fingerprint density at radius 3 is 1.58 bits per heavy atom. The van der Waals surface area contributed by atoms with Gasteiger partial charge in [-0.3, -0.25) is 0 Å².